The molecule has 1 heterocycles. The Kier molecular flexibility index (Phi) is 3.64. The van der Waals surface area contributed by atoms with Gasteiger partial charge in [-0.2, -0.15) is 0 Å². The Hall–Kier alpha value is -0.680. The first kappa shape index (κ1) is 14.7. The standard InChI is InChI=1S/C10H10INO5S2/c1-18(14,15)5-4-12-10(13)8-6-7(11)2-3-9(8)19(12,16)17/h2-3,6H,4-5H2,1H3. The fourth-order valence-electron chi connectivity index (χ4n) is 1.73. The van der Waals surface area contributed by atoms with Crippen LogP contribution in [-0.4, -0.2) is 45.6 Å². The van der Waals surface area contributed by atoms with Gasteiger partial charge in [-0.15, -0.1) is 0 Å². The van der Waals surface area contributed by atoms with Gasteiger partial charge in [-0.1, -0.05) is 0 Å². The summed E-state index contributed by atoms with van der Waals surface area (Å²) in [5.41, 5.74) is 0.0976. The van der Waals surface area contributed by atoms with Gasteiger partial charge in [0.15, 0.2) is 0 Å². The molecule has 0 radical (unpaired) electrons. The smallest absolute Gasteiger partial charge is 0.268 e. The number of halogens is 1. The average molecular weight is 415 g/mol. The number of sulfonamides is 1. The van der Waals surface area contributed by atoms with Crippen LogP contribution >= 0.6 is 22.6 Å². The summed E-state index contributed by atoms with van der Waals surface area (Å²) in [6.45, 7) is -0.356. The minimum Gasteiger partial charge on any atom is -0.268 e. The molecule has 6 nitrogen and oxygen atoms in total. The quantitative estimate of drug-likeness (QED) is 0.671. The predicted molar refractivity (Wildman–Crippen MR) is 77.1 cm³/mol. The molecule has 1 amide bonds. The highest BCUT2D eigenvalue weighted by Crippen LogP contribution is 2.31. The van der Waals surface area contributed by atoms with Gasteiger partial charge < -0.3 is 0 Å². The molecule has 1 aliphatic heterocycles. The van der Waals surface area contributed by atoms with E-state index in [2.05, 4.69) is 0 Å². The number of fused-ring (bicyclic) bond motifs is 1. The number of sulfone groups is 1. The lowest BCUT2D eigenvalue weighted by Gasteiger charge is -2.13. The molecule has 0 atom stereocenters. The number of hydrogen-bond acceptors (Lipinski definition) is 5. The number of rotatable bonds is 3. The van der Waals surface area contributed by atoms with Crippen LogP contribution in [0.5, 0.6) is 0 Å². The summed E-state index contributed by atoms with van der Waals surface area (Å²) in [6.07, 6.45) is 0.996. The van der Waals surface area contributed by atoms with Crippen molar-refractivity contribution in [3.05, 3.63) is 27.3 Å². The maximum absolute atomic E-state index is 12.1. The van der Waals surface area contributed by atoms with E-state index in [1.807, 2.05) is 22.6 Å². The fourth-order valence-corrected chi connectivity index (χ4v) is 4.40. The van der Waals surface area contributed by atoms with Crippen molar-refractivity contribution in [2.24, 2.45) is 0 Å². The minimum atomic E-state index is -3.92. The minimum absolute atomic E-state index is 0.0635. The van der Waals surface area contributed by atoms with Gasteiger partial charge in [0.1, 0.15) is 14.7 Å². The van der Waals surface area contributed by atoms with Crippen molar-refractivity contribution in [1.29, 1.82) is 0 Å². The molecule has 0 aliphatic carbocycles. The predicted octanol–water partition coefficient (Wildman–Crippen LogP) is 0.480. The van der Waals surface area contributed by atoms with E-state index in [1.54, 1.807) is 6.07 Å². The first-order chi connectivity index (χ1) is 8.63. The first-order valence-corrected chi connectivity index (χ1v) is 9.75. The Morgan fingerprint density at radius 2 is 1.95 bits per heavy atom. The molecule has 0 bridgehead atoms. The molecule has 104 valence electrons. The zero-order valence-electron chi connectivity index (χ0n) is 9.83. The number of hydrogen-bond donors (Lipinski definition) is 0. The maximum atomic E-state index is 12.1. The van der Waals surface area contributed by atoms with E-state index in [4.69, 9.17) is 0 Å². The van der Waals surface area contributed by atoms with Crippen molar-refractivity contribution in [2.75, 3.05) is 18.6 Å². The Bertz CT molecular complexity index is 754. The zero-order chi connectivity index (χ0) is 14.4. The van der Waals surface area contributed by atoms with Crippen LogP contribution in [0.4, 0.5) is 0 Å². The second-order valence-corrected chi connectivity index (χ2v) is 9.49. The highest BCUT2D eigenvalue weighted by molar-refractivity contribution is 14.1. The molecule has 0 N–H and O–H groups in total. The monoisotopic (exact) mass is 415 g/mol. The van der Waals surface area contributed by atoms with Gasteiger partial charge in [0.25, 0.3) is 15.9 Å². The second-order valence-electron chi connectivity index (χ2n) is 4.15. The molecule has 0 aromatic heterocycles. The van der Waals surface area contributed by atoms with Crippen LogP contribution < -0.4 is 0 Å². The van der Waals surface area contributed by atoms with Gasteiger partial charge in [-0.05, 0) is 40.8 Å². The highest BCUT2D eigenvalue weighted by Gasteiger charge is 2.41. The molecule has 1 aliphatic rings. The summed E-state index contributed by atoms with van der Waals surface area (Å²) in [4.78, 5) is 12.0. The van der Waals surface area contributed by atoms with Crippen molar-refractivity contribution in [3.8, 4) is 0 Å². The normalized spacial score (nSPS) is 17.6. The summed E-state index contributed by atoms with van der Waals surface area (Å²) in [7, 11) is -7.26. The maximum Gasteiger partial charge on any atom is 0.269 e. The summed E-state index contributed by atoms with van der Waals surface area (Å²) >= 11 is 1.97. The zero-order valence-corrected chi connectivity index (χ0v) is 13.6. The van der Waals surface area contributed by atoms with Gasteiger partial charge in [0.2, 0.25) is 0 Å². The molecule has 0 saturated heterocycles. The van der Waals surface area contributed by atoms with E-state index >= 15 is 0 Å². The molecule has 0 unspecified atom stereocenters. The summed E-state index contributed by atoms with van der Waals surface area (Å²) in [5, 5.41) is 0. The van der Waals surface area contributed by atoms with Gasteiger partial charge >= 0.3 is 0 Å². The Morgan fingerprint density at radius 3 is 2.53 bits per heavy atom. The summed E-state index contributed by atoms with van der Waals surface area (Å²) < 4.78 is 47.8. The van der Waals surface area contributed by atoms with Crippen LogP contribution in [0.3, 0.4) is 0 Å². The first-order valence-electron chi connectivity index (χ1n) is 5.17. The van der Waals surface area contributed by atoms with Crippen molar-refractivity contribution in [2.45, 2.75) is 4.90 Å². The molecule has 1 aromatic rings. The van der Waals surface area contributed by atoms with Gasteiger partial charge in [0, 0.05) is 9.83 Å². The SMILES string of the molecule is CS(=O)(=O)CCN1C(=O)c2cc(I)ccc2S1(=O)=O. The van der Waals surface area contributed by atoms with Crippen molar-refractivity contribution in [3.63, 3.8) is 0 Å². The molecular weight excluding hydrogens is 405 g/mol. The Morgan fingerprint density at radius 1 is 1.32 bits per heavy atom. The molecule has 0 fully saturated rings. The third-order valence-electron chi connectivity index (χ3n) is 2.63. The molecule has 1 aromatic carbocycles. The molecule has 0 saturated carbocycles. The fraction of sp³-hybridized carbons (Fsp3) is 0.300. The van der Waals surface area contributed by atoms with Crippen LogP contribution in [0, 0.1) is 3.57 Å². The van der Waals surface area contributed by atoms with E-state index in [0.717, 1.165) is 9.83 Å². The lowest BCUT2D eigenvalue weighted by atomic mass is 10.2. The number of carbonyl (C=O) groups is 1. The second kappa shape index (κ2) is 4.70. The molecule has 19 heavy (non-hydrogen) atoms. The molecular formula is C10H10INO5S2. The van der Waals surface area contributed by atoms with Gasteiger partial charge in [0.05, 0.1) is 17.9 Å². The van der Waals surface area contributed by atoms with E-state index in [0.29, 0.717) is 4.31 Å². The van der Waals surface area contributed by atoms with Crippen LogP contribution in [0.1, 0.15) is 10.4 Å². The van der Waals surface area contributed by atoms with Gasteiger partial charge in [-0.3, -0.25) is 4.79 Å². The Labute approximate surface area is 124 Å². The lowest BCUT2D eigenvalue weighted by molar-refractivity contribution is 0.0876. The Balaban J connectivity index is 2.43. The summed E-state index contributed by atoms with van der Waals surface area (Å²) in [6, 6.07) is 4.44. The van der Waals surface area contributed by atoms with Crippen LogP contribution in [-0.2, 0) is 19.9 Å². The largest absolute Gasteiger partial charge is 0.269 e. The van der Waals surface area contributed by atoms with E-state index in [1.165, 1.54) is 12.1 Å². The van der Waals surface area contributed by atoms with E-state index in [-0.39, 0.29) is 22.8 Å². The van der Waals surface area contributed by atoms with Gasteiger partial charge in [-0.25, -0.2) is 21.1 Å². The third-order valence-corrected chi connectivity index (χ3v) is 6.07. The van der Waals surface area contributed by atoms with Crippen LogP contribution in [0.15, 0.2) is 23.1 Å². The highest BCUT2D eigenvalue weighted by atomic mass is 127. The van der Waals surface area contributed by atoms with Crippen molar-refractivity contribution >= 4 is 48.4 Å². The number of benzene rings is 1. The van der Waals surface area contributed by atoms with E-state index < -0.39 is 25.8 Å². The summed E-state index contributed by atoms with van der Waals surface area (Å²) in [5.74, 6) is -1.06. The average Bonchev–Trinajstić information content (AvgIpc) is 2.43. The number of nitrogens with zero attached hydrogens (tertiary/aromatic N) is 1. The molecule has 0 spiro atoms. The molecule has 2 rings (SSSR count). The van der Waals surface area contributed by atoms with E-state index in [9.17, 15) is 21.6 Å². The number of carbonyl (C=O) groups excluding carboxylic acids is 1. The van der Waals surface area contributed by atoms with Crippen molar-refractivity contribution < 1.29 is 21.6 Å². The third kappa shape index (κ3) is 2.77. The topological polar surface area (TPSA) is 88.6 Å². The number of amides is 1. The van der Waals surface area contributed by atoms with Crippen LogP contribution in [0.25, 0.3) is 0 Å². The lowest BCUT2D eigenvalue weighted by Crippen LogP contribution is -2.34. The van der Waals surface area contributed by atoms with Crippen LogP contribution in [0.2, 0.25) is 0 Å². The van der Waals surface area contributed by atoms with Crippen molar-refractivity contribution in [1.82, 2.24) is 4.31 Å². The molecule has 9 heteroatoms.